The molecular weight excluding hydrogens is 333 g/mol. The molecule has 1 aromatic carbocycles. The van der Waals surface area contributed by atoms with Gasteiger partial charge in [-0.1, -0.05) is 30.2 Å². The Labute approximate surface area is 144 Å². The first-order valence-electron chi connectivity index (χ1n) is 7.85. The third kappa shape index (κ3) is 3.15. The van der Waals surface area contributed by atoms with Crippen molar-refractivity contribution in [1.29, 1.82) is 0 Å². The highest BCUT2D eigenvalue weighted by atomic mass is 35.5. The first-order chi connectivity index (χ1) is 11.0. The van der Waals surface area contributed by atoms with E-state index in [0.717, 1.165) is 34.0 Å². The van der Waals surface area contributed by atoms with Gasteiger partial charge in [-0.2, -0.15) is 0 Å². The number of rotatable bonds is 5. The lowest BCUT2D eigenvalue weighted by molar-refractivity contribution is -0.141. The lowest BCUT2D eigenvalue weighted by atomic mass is 9.63. The van der Waals surface area contributed by atoms with Crippen molar-refractivity contribution in [3.05, 3.63) is 57.0 Å². The van der Waals surface area contributed by atoms with Crippen LogP contribution in [-0.2, 0) is 16.8 Å². The predicted octanol–water partition coefficient (Wildman–Crippen LogP) is 5.01. The van der Waals surface area contributed by atoms with Gasteiger partial charge in [0.05, 0.1) is 16.3 Å². The van der Waals surface area contributed by atoms with Crippen molar-refractivity contribution in [2.75, 3.05) is 6.54 Å². The first kappa shape index (κ1) is 16.5. The van der Waals surface area contributed by atoms with E-state index in [9.17, 15) is 9.18 Å². The zero-order chi connectivity index (χ0) is 16.4. The van der Waals surface area contributed by atoms with Gasteiger partial charge in [-0.15, -0.1) is 11.3 Å². The smallest absolute Gasteiger partial charge is 0.233 e. The average Bonchev–Trinajstić information content (AvgIpc) is 2.89. The summed E-state index contributed by atoms with van der Waals surface area (Å²) in [6, 6.07) is 10.3. The quantitative estimate of drug-likeness (QED) is 0.741. The molecule has 0 unspecified atom stereocenters. The summed E-state index contributed by atoms with van der Waals surface area (Å²) in [5.74, 6) is -0.184. The van der Waals surface area contributed by atoms with E-state index in [1.165, 1.54) is 23.5 Å². The zero-order valence-electron chi connectivity index (χ0n) is 13.0. The van der Waals surface area contributed by atoms with Gasteiger partial charge in [-0.25, -0.2) is 4.39 Å². The molecule has 5 heteroatoms. The Morgan fingerprint density at radius 3 is 2.65 bits per heavy atom. The predicted molar refractivity (Wildman–Crippen MR) is 92.3 cm³/mol. The van der Waals surface area contributed by atoms with Crippen LogP contribution in [-0.4, -0.2) is 17.4 Å². The summed E-state index contributed by atoms with van der Waals surface area (Å²) in [7, 11) is 0. The Hall–Kier alpha value is -1.39. The third-order valence-corrected chi connectivity index (χ3v) is 5.85. The highest BCUT2D eigenvalue weighted by Crippen LogP contribution is 2.45. The normalized spacial score (nSPS) is 16.0. The molecule has 1 aliphatic carbocycles. The van der Waals surface area contributed by atoms with Crippen LogP contribution in [0.1, 0.15) is 36.6 Å². The van der Waals surface area contributed by atoms with E-state index >= 15 is 0 Å². The summed E-state index contributed by atoms with van der Waals surface area (Å²) in [5, 5.41) is 0. The van der Waals surface area contributed by atoms with Crippen LogP contribution in [0.2, 0.25) is 4.34 Å². The second kappa shape index (κ2) is 6.62. The summed E-state index contributed by atoms with van der Waals surface area (Å²) in [6.07, 6.45) is 2.58. The summed E-state index contributed by atoms with van der Waals surface area (Å²) in [5.41, 5.74) is 0.246. The minimum atomic E-state index is -0.556. The Kier molecular flexibility index (Phi) is 4.74. The fourth-order valence-electron chi connectivity index (χ4n) is 3.20. The monoisotopic (exact) mass is 351 g/mol. The molecule has 0 bridgehead atoms. The molecule has 0 saturated heterocycles. The van der Waals surface area contributed by atoms with E-state index in [1.54, 1.807) is 6.07 Å². The Morgan fingerprint density at radius 1 is 1.35 bits per heavy atom. The number of halogens is 2. The molecule has 0 aliphatic heterocycles. The minimum Gasteiger partial charge on any atom is -0.337 e. The van der Waals surface area contributed by atoms with E-state index in [2.05, 4.69) is 0 Å². The van der Waals surface area contributed by atoms with Crippen LogP contribution in [0.5, 0.6) is 0 Å². The fraction of sp³-hybridized carbons (Fsp3) is 0.389. The maximum absolute atomic E-state index is 13.6. The fourth-order valence-corrected chi connectivity index (χ4v) is 4.30. The molecule has 0 spiro atoms. The molecule has 0 N–H and O–H groups in total. The maximum atomic E-state index is 13.6. The molecule has 1 aromatic heterocycles. The van der Waals surface area contributed by atoms with Crippen LogP contribution in [0, 0.1) is 5.82 Å². The van der Waals surface area contributed by atoms with Crippen molar-refractivity contribution in [1.82, 2.24) is 4.90 Å². The van der Waals surface area contributed by atoms with E-state index in [1.807, 2.05) is 30.0 Å². The second-order valence-corrected chi connectivity index (χ2v) is 7.77. The van der Waals surface area contributed by atoms with Gasteiger partial charge in [0, 0.05) is 11.4 Å². The van der Waals surface area contributed by atoms with Gasteiger partial charge < -0.3 is 4.90 Å². The number of nitrogens with zero attached hydrogens (tertiary/aromatic N) is 1. The lowest BCUT2D eigenvalue weighted by Gasteiger charge is -2.43. The van der Waals surface area contributed by atoms with Crippen molar-refractivity contribution in [2.24, 2.45) is 0 Å². The Bertz CT molecular complexity index is 711. The minimum absolute atomic E-state index is 0.0985. The van der Waals surface area contributed by atoms with Gasteiger partial charge >= 0.3 is 0 Å². The Morgan fingerprint density at radius 2 is 2.13 bits per heavy atom. The molecule has 1 aliphatic rings. The van der Waals surface area contributed by atoms with Gasteiger partial charge in [0.15, 0.2) is 0 Å². The molecule has 2 aromatic rings. The van der Waals surface area contributed by atoms with Crippen LogP contribution in [0.15, 0.2) is 36.4 Å². The second-order valence-electron chi connectivity index (χ2n) is 5.97. The first-order valence-corrected chi connectivity index (χ1v) is 9.04. The van der Waals surface area contributed by atoms with Gasteiger partial charge in [-0.3, -0.25) is 4.79 Å². The molecule has 1 heterocycles. The number of amides is 1. The van der Waals surface area contributed by atoms with Gasteiger partial charge in [-0.05, 0) is 49.6 Å². The van der Waals surface area contributed by atoms with Crippen molar-refractivity contribution >= 4 is 28.8 Å². The summed E-state index contributed by atoms with van der Waals surface area (Å²) in [4.78, 5) is 16.1. The Balaban J connectivity index is 1.86. The maximum Gasteiger partial charge on any atom is 0.233 e. The molecule has 1 fully saturated rings. The molecule has 23 heavy (non-hydrogen) atoms. The number of carbonyl (C=O) groups excluding carboxylic acids is 1. The molecule has 1 saturated carbocycles. The van der Waals surface area contributed by atoms with Crippen LogP contribution in [0.4, 0.5) is 4.39 Å². The zero-order valence-corrected chi connectivity index (χ0v) is 14.6. The number of carbonyl (C=O) groups is 1. The van der Waals surface area contributed by atoms with Crippen LogP contribution >= 0.6 is 22.9 Å². The number of thiophene rings is 1. The molecular formula is C18H19ClFNOS. The summed E-state index contributed by atoms with van der Waals surface area (Å²) in [6.45, 7) is 3.17. The number of likely N-dealkylation sites (N-methyl/N-ethyl adjacent to an activating group) is 1. The molecule has 0 radical (unpaired) electrons. The van der Waals surface area contributed by atoms with E-state index < -0.39 is 5.41 Å². The van der Waals surface area contributed by atoms with Crippen molar-refractivity contribution in [3.8, 4) is 0 Å². The SMILES string of the molecule is CCN(Cc1ccc(Cl)s1)C(=O)C1(c2cccc(F)c2)CCC1. The molecule has 3 rings (SSSR count). The number of benzene rings is 1. The van der Waals surface area contributed by atoms with Crippen LogP contribution in [0.3, 0.4) is 0 Å². The van der Waals surface area contributed by atoms with Gasteiger partial charge in [0.1, 0.15) is 5.82 Å². The number of hydrogen-bond donors (Lipinski definition) is 0. The standard InChI is InChI=1S/C18H19ClFNOS/c1-2-21(12-15-7-8-16(19)23-15)17(22)18(9-4-10-18)13-5-3-6-14(20)11-13/h3,5-8,11H,2,4,9-10,12H2,1H3. The molecule has 2 nitrogen and oxygen atoms in total. The van der Waals surface area contributed by atoms with Crippen molar-refractivity contribution in [2.45, 2.75) is 38.1 Å². The highest BCUT2D eigenvalue weighted by molar-refractivity contribution is 7.16. The van der Waals surface area contributed by atoms with E-state index in [0.29, 0.717) is 13.1 Å². The summed E-state index contributed by atoms with van der Waals surface area (Å²) >= 11 is 7.48. The summed E-state index contributed by atoms with van der Waals surface area (Å²) < 4.78 is 14.3. The van der Waals surface area contributed by atoms with E-state index in [-0.39, 0.29) is 11.7 Å². The van der Waals surface area contributed by atoms with Crippen LogP contribution in [0.25, 0.3) is 0 Å². The molecule has 1 amide bonds. The number of hydrogen-bond acceptors (Lipinski definition) is 2. The molecule has 122 valence electrons. The van der Waals surface area contributed by atoms with Gasteiger partial charge in [0.25, 0.3) is 0 Å². The topological polar surface area (TPSA) is 20.3 Å². The molecule has 0 atom stereocenters. The highest BCUT2D eigenvalue weighted by Gasteiger charge is 2.47. The van der Waals surface area contributed by atoms with Crippen molar-refractivity contribution < 1.29 is 9.18 Å². The van der Waals surface area contributed by atoms with Gasteiger partial charge in [0.2, 0.25) is 5.91 Å². The van der Waals surface area contributed by atoms with Crippen LogP contribution < -0.4 is 0 Å². The lowest BCUT2D eigenvalue weighted by Crippen LogP contribution is -2.50. The average molecular weight is 352 g/mol. The largest absolute Gasteiger partial charge is 0.337 e. The van der Waals surface area contributed by atoms with Crippen molar-refractivity contribution in [3.63, 3.8) is 0 Å². The third-order valence-electron chi connectivity index (χ3n) is 4.64. The van der Waals surface area contributed by atoms with E-state index in [4.69, 9.17) is 11.6 Å².